The lowest BCUT2D eigenvalue weighted by Crippen LogP contribution is -2.37. The minimum atomic E-state index is 0.596. The monoisotopic (exact) mass is 381 g/mol. The van der Waals surface area contributed by atoms with Crippen molar-refractivity contribution in [2.45, 2.75) is 50.9 Å². The fourth-order valence-electron chi connectivity index (χ4n) is 2.34. The molecule has 0 aliphatic rings. The third kappa shape index (κ3) is 6.36. The summed E-state index contributed by atoms with van der Waals surface area (Å²) in [6.07, 6.45) is 4.62. The Morgan fingerprint density at radius 1 is 1.28 bits per heavy atom. The molecule has 6 nitrogen and oxygen atoms in total. The fraction of sp³-hybridized carbons (Fsp3) is 0.588. The summed E-state index contributed by atoms with van der Waals surface area (Å²) < 4.78 is 6.54. The molecule has 0 amide bonds. The van der Waals surface area contributed by atoms with E-state index in [9.17, 15) is 0 Å². The van der Waals surface area contributed by atoms with Crippen LogP contribution in [-0.2, 0) is 19.4 Å². The lowest BCUT2D eigenvalue weighted by Gasteiger charge is -2.11. The number of thiazole rings is 1. The summed E-state index contributed by atoms with van der Waals surface area (Å²) in [5, 5.41) is 12.8. The first-order valence-corrected chi connectivity index (χ1v) is 10.7. The van der Waals surface area contributed by atoms with E-state index in [1.807, 2.05) is 11.6 Å². The Labute approximate surface area is 157 Å². The molecule has 0 saturated heterocycles. The molecule has 0 atom stereocenters. The lowest BCUT2D eigenvalue weighted by atomic mass is 10.1. The molecule has 0 radical (unpaired) electrons. The Morgan fingerprint density at radius 2 is 2.16 bits per heavy atom. The van der Waals surface area contributed by atoms with Gasteiger partial charge in [0, 0.05) is 42.4 Å². The number of aromatic nitrogens is 2. The number of aryl methyl sites for hydroxylation is 2. The van der Waals surface area contributed by atoms with Crippen molar-refractivity contribution >= 4 is 29.1 Å². The highest BCUT2D eigenvalue weighted by Crippen LogP contribution is 2.20. The van der Waals surface area contributed by atoms with Crippen LogP contribution in [0.5, 0.6) is 0 Å². The average Bonchev–Trinajstić information content (AvgIpc) is 3.28. The molecule has 0 saturated carbocycles. The topological polar surface area (TPSA) is 75.3 Å². The molecule has 2 aromatic rings. The van der Waals surface area contributed by atoms with Crippen molar-refractivity contribution in [1.29, 1.82) is 0 Å². The third-order valence-electron chi connectivity index (χ3n) is 3.60. The van der Waals surface area contributed by atoms with Gasteiger partial charge in [0.15, 0.2) is 5.96 Å². The first-order chi connectivity index (χ1) is 12.3. The van der Waals surface area contributed by atoms with Crippen molar-refractivity contribution in [2.75, 3.05) is 18.8 Å². The van der Waals surface area contributed by atoms with Gasteiger partial charge in [-0.2, -0.15) is 0 Å². The largest absolute Gasteiger partial charge is 0.361 e. The van der Waals surface area contributed by atoms with E-state index in [-0.39, 0.29) is 0 Å². The second kappa shape index (κ2) is 11.1. The van der Waals surface area contributed by atoms with Gasteiger partial charge in [0.1, 0.15) is 10.1 Å². The third-order valence-corrected chi connectivity index (χ3v) is 5.65. The van der Waals surface area contributed by atoms with Crippen molar-refractivity contribution < 1.29 is 4.52 Å². The van der Waals surface area contributed by atoms with Gasteiger partial charge in [-0.05, 0) is 19.8 Å². The summed E-state index contributed by atoms with van der Waals surface area (Å²) in [6.45, 7) is 8.56. The molecule has 25 heavy (non-hydrogen) atoms. The Balaban J connectivity index is 1.82. The van der Waals surface area contributed by atoms with Crippen LogP contribution < -0.4 is 10.6 Å². The number of guanidine groups is 1. The molecule has 0 unspecified atom stereocenters. The molecule has 2 N–H and O–H groups in total. The summed E-state index contributed by atoms with van der Waals surface area (Å²) >= 11 is 3.49. The smallest absolute Gasteiger partial charge is 0.191 e. The number of nitrogens with zero attached hydrogens (tertiary/aromatic N) is 3. The van der Waals surface area contributed by atoms with E-state index in [0.29, 0.717) is 6.54 Å². The zero-order valence-electron chi connectivity index (χ0n) is 15.2. The first kappa shape index (κ1) is 19.8. The molecule has 0 aromatic carbocycles. The number of hydrogen-bond donors (Lipinski definition) is 2. The van der Waals surface area contributed by atoms with E-state index >= 15 is 0 Å². The Bertz CT molecular complexity index is 618. The maximum absolute atomic E-state index is 5.41. The van der Waals surface area contributed by atoms with Crippen molar-refractivity contribution in [3.05, 3.63) is 28.6 Å². The molecule has 0 aliphatic heterocycles. The van der Waals surface area contributed by atoms with E-state index in [0.717, 1.165) is 65.4 Å². The predicted molar refractivity (Wildman–Crippen MR) is 106 cm³/mol. The molecule has 2 aromatic heterocycles. The molecule has 0 fully saturated rings. The Kier molecular flexibility index (Phi) is 8.82. The van der Waals surface area contributed by atoms with Crippen LogP contribution in [-0.4, -0.2) is 34.9 Å². The molecule has 8 heteroatoms. The Morgan fingerprint density at radius 3 is 2.84 bits per heavy atom. The van der Waals surface area contributed by atoms with E-state index < -0.39 is 0 Å². The molecule has 0 spiro atoms. The van der Waals surface area contributed by atoms with E-state index in [1.54, 1.807) is 23.1 Å². The van der Waals surface area contributed by atoms with Gasteiger partial charge in [0.2, 0.25) is 0 Å². The van der Waals surface area contributed by atoms with Crippen LogP contribution in [0, 0.1) is 0 Å². The van der Waals surface area contributed by atoms with Crippen molar-refractivity contribution in [1.82, 2.24) is 20.8 Å². The standard InChI is InChI=1S/C17H27N5OS2/c1-4-14-13(15(5-2)23-22-14)12-21-16(18-6-3)19-8-7-10-24-17-20-9-11-25-17/h9,11H,4-8,10,12H2,1-3H3,(H2,18,19,21). The van der Waals surface area contributed by atoms with Gasteiger partial charge in [0.05, 0.1) is 12.2 Å². The summed E-state index contributed by atoms with van der Waals surface area (Å²) in [5.74, 6) is 2.83. The SMILES string of the molecule is CCNC(=NCc1c(CC)noc1CC)NCCCSc1nccs1. The molecule has 2 rings (SSSR count). The lowest BCUT2D eigenvalue weighted by molar-refractivity contribution is 0.380. The van der Waals surface area contributed by atoms with Crippen LogP contribution in [0.4, 0.5) is 0 Å². The highest BCUT2D eigenvalue weighted by Gasteiger charge is 2.13. The summed E-state index contributed by atoms with van der Waals surface area (Å²) in [4.78, 5) is 8.98. The minimum absolute atomic E-state index is 0.596. The number of rotatable bonds is 10. The van der Waals surface area contributed by atoms with Gasteiger partial charge in [-0.3, -0.25) is 0 Å². The number of aliphatic imine (C=N–C) groups is 1. The second-order valence-corrected chi connectivity index (χ2v) is 7.60. The molecular formula is C17H27N5OS2. The van der Waals surface area contributed by atoms with Crippen LogP contribution in [0.2, 0.25) is 0 Å². The number of hydrogen-bond acceptors (Lipinski definition) is 6. The second-order valence-electron chi connectivity index (χ2n) is 5.36. The number of nitrogens with one attached hydrogen (secondary N) is 2. The van der Waals surface area contributed by atoms with Crippen LogP contribution in [0.3, 0.4) is 0 Å². The highest BCUT2D eigenvalue weighted by molar-refractivity contribution is 8.00. The van der Waals surface area contributed by atoms with Gasteiger partial charge in [0.25, 0.3) is 0 Å². The van der Waals surface area contributed by atoms with Gasteiger partial charge in [-0.25, -0.2) is 9.98 Å². The summed E-state index contributed by atoms with van der Waals surface area (Å²) in [5.41, 5.74) is 2.14. The van der Waals surface area contributed by atoms with Crippen molar-refractivity contribution in [2.24, 2.45) is 4.99 Å². The Hall–Kier alpha value is -1.54. The molecule has 138 valence electrons. The van der Waals surface area contributed by atoms with E-state index in [1.165, 1.54) is 0 Å². The van der Waals surface area contributed by atoms with Gasteiger partial charge < -0.3 is 15.2 Å². The van der Waals surface area contributed by atoms with Gasteiger partial charge in [-0.1, -0.05) is 30.8 Å². The normalized spacial score (nSPS) is 11.7. The molecular weight excluding hydrogens is 354 g/mol. The van der Waals surface area contributed by atoms with Gasteiger partial charge in [-0.15, -0.1) is 11.3 Å². The maximum Gasteiger partial charge on any atom is 0.191 e. The summed E-state index contributed by atoms with van der Waals surface area (Å²) in [6, 6.07) is 0. The molecule has 0 aliphatic carbocycles. The van der Waals surface area contributed by atoms with Gasteiger partial charge >= 0.3 is 0 Å². The maximum atomic E-state index is 5.41. The fourth-order valence-corrected chi connectivity index (χ4v) is 3.98. The zero-order valence-corrected chi connectivity index (χ0v) is 16.8. The number of thioether (sulfide) groups is 1. The zero-order chi connectivity index (χ0) is 17.9. The average molecular weight is 382 g/mol. The predicted octanol–water partition coefficient (Wildman–Crippen LogP) is 3.49. The van der Waals surface area contributed by atoms with Crippen LogP contribution in [0.1, 0.15) is 44.2 Å². The highest BCUT2D eigenvalue weighted by atomic mass is 32.2. The van der Waals surface area contributed by atoms with Crippen molar-refractivity contribution in [3.8, 4) is 0 Å². The minimum Gasteiger partial charge on any atom is -0.361 e. The molecule has 0 bridgehead atoms. The first-order valence-electron chi connectivity index (χ1n) is 8.79. The summed E-state index contributed by atoms with van der Waals surface area (Å²) in [7, 11) is 0. The quantitative estimate of drug-likeness (QED) is 0.284. The van der Waals surface area contributed by atoms with Crippen LogP contribution in [0.15, 0.2) is 25.4 Å². The van der Waals surface area contributed by atoms with Crippen LogP contribution in [0.25, 0.3) is 0 Å². The van der Waals surface area contributed by atoms with Crippen molar-refractivity contribution in [3.63, 3.8) is 0 Å². The van der Waals surface area contributed by atoms with E-state index in [2.05, 4.69) is 41.5 Å². The van der Waals surface area contributed by atoms with E-state index in [4.69, 9.17) is 9.52 Å². The molecule has 2 heterocycles. The van der Waals surface area contributed by atoms with Crippen LogP contribution >= 0.6 is 23.1 Å².